The van der Waals surface area contributed by atoms with Crippen LogP contribution >= 0.6 is 35.6 Å². The average molecular weight is 532 g/mol. The number of ether oxygens (including phenoxy) is 1. The number of hydrogen-bond acceptors (Lipinski definition) is 5. The number of nitrogens with zero attached hydrogens (tertiary/aromatic N) is 3. The van der Waals surface area contributed by atoms with Crippen LogP contribution in [0, 0.1) is 0 Å². The van der Waals surface area contributed by atoms with Gasteiger partial charge in [-0.2, -0.15) is 5.10 Å². The fourth-order valence-electron chi connectivity index (χ4n) is 3.80. The predicted molar refractivity (Wildman–Crippen MR) is 150 cm³/mol. The standard InChI is InChI=1S/C28H22ClN3O2S2/c1-2-31-27(33)25(36-28(31)35)16-21-17-32(23-6-4-3-5-7-23)30-26(21)20-10-14-24(15-11-20)34-18-19-8-12-22(29)13-9-19/h3-17H,2,18H2,1H3/b25-16-. The van der Waals surface area contributed by atoms with Gasteiger partial charge in [-0.15, -0.1) is 0 Å². The van der Waals surface area contributed by atoms with Crippen LogP contribution in [-0.4, -0.2) is 31.5 Å². The Balaban J connectivity index is 1.45. The minimum absolute atomic E-state index is 0.0724. The molecule has 36 heavy (non-hydrogen) atoms. The van der Waals surface area contributed by atoms with Crippen molar-refractivity contribution in [3.8, 4) is 22.7 Å². The Morgan fingerprint density at radius 1 is 1.03 bits per heavy atom. The van der Waals surface area contributed by atoms with Crippen molar-refractivity contribution >= 4 is 51.9 Å². The Hall–Kier alpha value is -3.39. The van der Waals surface area contributed by atoms with E-state index in [1.165, 1.54) is 11.8 Å². The lowest BCUT2D eigenvalue weighted by Crippen LogP contribution is -2.27. The lowest BCUT2D eigenvalue weighted by molar-refractivity contribution is -0.121. The molecule has 5 nitrogen and oxygen atoms in total. The molecule has 0 atom stereocenters. The minimum Gasteiger partial charge on any atom is -0.489 e. The molecule has 1 saturated heterocycles. The van der Waals surface area contributed by atoms with Gasteiger partial charge in [-0.05, 0) is 67.1 Å². The number of rotatable bonds is 7. The number of carbonyl (C=O) groups excluding carboxylic acids is 1. The lowest BCUT2D eigenvalue weighted by Gasteiger charge is -2.09. The Morgan fingerprint density at radius 3 is 2.42 bits per heavy atom. The highest BCUT2D eigenvalue weighted by Gasteiger charge is 2.31. The van der Waals surface area contributed by atoms with E-state index in [0.717, 1.165) is 33.8 Å². The largest absolute Gasteiger partial charge is 0.489 e. The van der Waals surface area contributed by atoms with E-state index in [1.807, 2.05) is 103 Å². The molecule has 1 amide bonds. The average Bonchev–Trinajstić information content (AvgIpc) is 3.44. The van der Waals surface area contributed by atoms with Crippen molar-refractivity contribution in [2.75, 3.05) is 6.54 Å². The van der Waals surface area contributed by atoms with E-state index >= 15 is 0 Å². The van der Waals surface area contributed by atoms with Gasteiger partial charge in [0, 0.05) is 28.9 Å². The van der Waals surface area contributed by atoms with Crippen LogP contribution in [0.3, 0.4) is 0 Å². The van der Waals surface area contributed by atoms with Gasteiger partial charge in [-0.1, -0.05) is 65.9 Å². The van der Waals surface area contributed by atoms with Gasteiger partial charge >= 0.3 is 0 Å². The maximum atomic E-state index is 12.8. The molecule has 3 aromatic carbocycles. The maximum absolute atomic E-state index is 12.8. The molecule has 0 saturated carbocycles. The summed E-state index contributed by atoms with van der Waals surface area (Å²) in [4.78, 5) is 15.0. The van der Waals surface area contributed by atoms with Crippen LogP contribution in [-0.2, 0) is 11.4 Å². The van der Waals surface area contributed by atoms with Gasteiger partial charge in [-0.25, -0.2) is 4.68 Å². The summed E-state index contributed by atoms with van der Waals surface area (Å²) in [6, 6.07) is 25.3. The first-order chi connectivity index (χ1) is 17.5. The molecule has 1 aromatic heterocycles. The molecule has 0 N–H and O–H groups in total. The second-order valence-corrected chi connectivity index (χ2v) is 10.2. The first kappa shape index (κ1) is 24.3. The lowest BCUT2D eigenvalue weighted by atomic mass is 10.1. The third kappa shape index (κ3) is 5.23. The summed E-state index contributed by atoms with van der Waals surface area (Å²) in [7, 11) is 0. The number of para-hydroxylation sites is 1. The van der Waals surface area contributed by atoms with Gasteiger partial charge in [0.2, 0.25) is 0 Å². The summed E-state index contributed by atoms with van der Waals surface area (Å²) >= 11 is 12.7. The molecule has 1 aliphatic heterocycles. The van der Waals surface area contributed by atoms with Crippen molar-refractivity contribution in [3.05, 3.63) is 106 Å². The van der Waals surface area contributed by atoms with E-state index in [2.05, 4.69) is 0 Å². The van der Waals surface area contributed by atoms with Gasteiger partial charge in [-0.3, -0.25) is 9.69 Å². The second kappa shape index (κ2) is 10.7. The van der Waals surface area contributed by atoms with Crippen molar-refractivity contribution in [2.45, 2.75) is 13.5 Å². The molecule has 0 bridgehead atoms. The Morgan fingerprint density at radius 2 is 1.75 bits per heavy atom. The third-order valence-corrected chi connectivity index (χ3v) is 7.32. The van der Waals surface area contributed by atoms with Crippen LogP contribution in [0.25, 0.3) is 23.0 Å². The van der Waals surface area contributed by atoms with E-state index in [0.29, 0.717) is 27.4 Å². The van der Waals surface area contributed by atoms with Gasteiger partial charge in [0.1, 0.15) is 16.7 Å². The fourth-order valence-corrected chi connectivity index (χ4v) is 5.30. The molecule has 4 aromatic rings. The SMILES string of the molecule is CCN1C(=O)/C(=C/c2cn(-c3ccccc3)nc2-c2ccc(OCc3ccc(Cl)cc3)cc2)SC1=S. The quantitative estimate of drug-likeness (QED) is 0.190. The molecule has 2 heterocycles. The number of benzene rings is 3. The Bertz CT molecular complexity index is 1430. The number of thioether (sulfide) groups is 1. The molecule has 0 unspecified atom stereocenters. The molecular formula is C28H22ClN3O2S2. The van der Waals surface area contributed by atoms with Crippen LogP contribution in [0.4, 0.5) is 0 Å². The topological polar surface area (TPSA) is 47.4 Å². The minimum atomic E-state index is -0.0724. The monoisotopic (exact) mass is 531 g/mol. The first-order valence-corrected chi connectivity index (χ1v) is 13.0. The highest BCUT2D eigenvalue weighted by Crippen LogP contribution is 2.35. The van der Waals surface area contributed by atoms with Gasteiger partial charge in [0.25, 0.3) is 5.91 Å². The van der Waals surface area contributed by atoms with Crippen molar-refractivity contribution in [3.63, 3.8) is 0 Å². The van der Waals surface area contributed by atoms with E-state index in [-0.39, 0.29) is 5.91 Å². The van der Waals surface area contributed by atoms with Crippen LogP contribution in [0.5, 0.6) is 5.75 Å². The number of aromatic nitrogens is 2. The van der Waals surface area contributed by atoms with Crippen molar-refractivity contribution < 1.29 is 9.53 Å². The van der Waals surface area contributed by atoms with Gasteiger partial charge in [0.15, 0.2) is 0 Å². The molecule has 180 valence electrons. The zero-order valence-electron chi connectivity index (χ0n) is 19.4. The number of likely N-dealkylation sites (N-methyl/N-ethyl adjacent to an activating group) is 1. The number of hydrogen-bond donors (Lipinski definition) is 0. The summed E-state index contributed by atoms with van der Waals surface area (Å²) in [5.41, 5.74) is 4.50. The molecule has 1 fully saturated rings. The van der Waals surface area contributed by atoms with Crippen molar-refractivity contribution in [1.29, 1.82) is 0 Å². The number of halogens is 1. The highest BCUT2D eigenvalue weighted by atomic mass is 35.5. The molecule has 1 aliphatic rings. The smallest absolute Gasteiger partial charge is 0.266 e. The van der Waals surface area contributed by atoms with Crippen molar-refractivity contribution in [2.24, 2.45) is 0 Å². The Kier molecular flexibility index (Phi) is 7.23. The van der Waals surface area contributed by atoms with Crippen LogP contribution in [0.15, 0.2) is 90.0 Å². The van der Waals surface area contributed by atoms with Crippen LogP contribution in [0.1, 0.15) is 18.1 Å². The summed E-state index contributed by atoms with van der Waals surface area (Å²) in [5.74, 6) is 0.679. The number of carbonyl (C=O) groups is 1. The highest BCUT2D eigenvalue weighted by molar-refractivity contribution is 8.26. The van der Waals surface area contributed by atoms with Crippen molar-refractivity contribution in [1.82, 2.24) is 14.7 Å². The molecule has 8 heteroatoms. The van der Waals surface area contributed by atoms with E-state index in [1.54, 1.807) is 4.90 Å². The zero-order chi connectivity index (χ0) is 25.1. The predicted octanol–water partition coefficient (Wildman–Crippen LogP) is 6.99. The van der Waals surface area contributed by atoms with E-state index < -0.39 is 0 Å². The number of amides is 1. The summed E-state index contributed by atoms with van der Waals surface area (Å²) in [5, 5.41) is 5.56. The molecule has 0 radical (unpaired) electrons. The van der Waals surface area contributed by atoms with Gasteiger partial charge < -0.3 is 4.74 Å². The van der Waals surface area contributed by atoms with Gasteiger partial charge in [0.05, 0.1) is 16.3 Å². The number of thiocarbonyl (C=S) groups is 1. The van der Waals surface area contributed by atoms with Crippen LogP contribution < -0.4 is 4.74 Å². The summed E-state index contributed by atoms with van der Waals surface area (Å²) in [6.45, 7) is 2.92. The van der Waals surface area contributed by atoms with E-state index in [9.17, 15) is 4.79 Å². The third-order valence-electron chi connectivity index (χ3n) is 5.69. The fraction of sp³-hybridized carbons (Fsp3) is 0.107. The Labute approximate surface area is 224 Å². The molecule has 0 spiro atoms. The molecular weight excluding hydrogens is 510 g/mol. The molecule has 5 rings (SSSR count). The van der Waals surface area contributed by atoms with E-state index in [4.69, 9.17) is 33.7 Å². The summed E-state index contributed by atoms with van der Waals surface area (Å²) < 4.78 is 8.34. The first-order valence-electron chi connectivity index (χ1n) is 11.4. The zero-order valence-corrected chi connectivity index (χ0v) is 21.8. The maximum Gasteiger partial charge on any atom is 0.266 e. The second-order valence-electron chi connectivity index (χ2n) is 8.08. The normalized spacial score (nSPS) is 14.6. The molecule has 0 aliphatic carbocycles. The summed E-state index contributed by atoms with van der Waals surface area (Å²) in [6.07, 6.45) is 3.82. The van der Waals surface area contributed by atoms with Crippen LogP contribution in [0.2, 0.25) is 5.02 Å².